The second-order valence-corrected chi connectivity index (χ2v) is 9.95. The Kier molecular flexibility index (Phi) is 6.09. The Balaban J connectivity index is 1.38. The standard InChI is InChI=1S/C21H20N8O5S2/c1-27-12-5-3-4-6-13(12)28(26-27)7-10-8-35-19-15(18(31)29(19)16(10)20(32)33)24-17(30)14(25-34-2)11-9-36-21(22)23-11/h3-6,9,15,19H,7-8H2,1-2H3,(H3-,22,23,24,30,32,33)/b25-14+/t15-,19-/m1/s1. The molecule has 1 aromatic carbocycles. The van der Waals surface area contributed by atoms with Crippen molar-refractivity contribution in [1.29, 1.82) is 0 Å². The predicted molar refractivity (Wildman–Crippen MR) is 128 cm³/mol. The molecule has 3 N–H and O–H groups in total. The van der Waals surface area contributed by atoms with Gasteiger partial charge in [-0.15, -0.1) is 32.5 Å². The molecular formula is C21H20N8O5S2. The van der Waals surface area contributed by atoms with Crippen LogP contribution in [0.2, 0.25) is 0 Å². The lowest BCUT2D eigenvalue weighted by Gasteiger charge is -2.50. The molecule has 4 heterocycles. The van der Waals surface area contributed by atoms with Crippen LogP contribution in [0.25, 0.3) is 11.0 Å². The first-order chi connectivity index (χ1) is 17.3. The van der Waals surface area contributed by atoms with Gasteiger partial charge in [0.05, 0.1) is 16.9 Å². The van der Waals surface area contributed by atoms with Crippen LogP contribution in [0.4, 0.5) is 5.13 Å². The number of fused-ring (bicyclic) bond motifs is 2. The van der Waals surface area contributed by atoms with E-state index in [-0.39, 0.29) is 28.8 Å². The van der Waals surface area contributed by atoms with Gasteiger partial charge in [0.15, 0.2) is 21.9 Å². The van der Waals surface area contributed by atoms with Gasteiger partial charge in [-0.1, -0.05) is 17.3 Å². The fraction of sp³-hybridized carbons (Fsp3) is 0.286. The van der Waals surface area contributed by atoms with Crippen molar-refractivity contribution in [2.75, 3.05) is 18.6 Å². The summed E-state index contributed by atoms with van der Waals surface area (Å²) in [5.41, 5.74) is 7.70. The highest BCUT2D eigenvalue weighted by Gasteiger charge is 2.53. The summed E-state index contributed by atoms with van der Waals surface area (Å²) < 4.78 is 3.38. The van der Waals surface area contributed by atoms with E-state index in [9.17, 15) is 19.5 Å². The number of thioether (sulfide) groups is 1. The Morgan fingerprint density at radius 3 is 2.86 bits per heavy atom. The summed E-state index contributed by atoms with van der Waals surface area (Å²) in [5, 5.41) is 24.1. The van der Waals surface area contributed by atoms with Crippen molar-refractivity contribution in [2.45, 2.75) is 18.0 Å². The Labute approximate surface area is 212 Å². The molecule has 5 rings (SSSR count). The summed E-state index contributed by atoms with van der Waals surface area (Å²) in [7, 11) is 3.07. The Bertz CT molecular complexity index is 1460. The lowest BCUT2D eigenvalue weighted by atomic mass is 10.0. The molecule has 2 atom stereocenters. The molecule has 1 fully saturated rings. The number of aryl methyl sites for hydroxylation is 1. The zero-order valence-corrected chi connectivity index (χ0v) is 20.7. The van der Waals surface area contributed by atoms with Crippen molar-refractivity contribution >= 4 is 62.8 Å². The molecule has 0 aliphatic carbocycles. The first-order valence-corrected chi connectivity index (χ1v) is 12.6. The number of carboxylic acid groups (broad SMARTS) is 1. The summed E-state index contributed by atoms with van der Waals surface area (Å²) in [6.07, 6.45) is 0. The maximum atomic E-state index is 13.0. The average molecular weight is 529 g/mol. The quantitative estimate of drug-likeness (QED) is 0.158. The molecule has 0 radical (unpaired) electrons. The molecule has 1 saturated heterocycles. The van der Waals surface area contributed by atoms with Gasteiger partial charge >= 0.3 is 0 Å². The van der Waals surface area contributed by atoms with E-state index in [1.54, 1.807) is 21.8 Å². The first-order valence-electron chi connectivity index (χ1n) is 10.6. The van der Waals surface area contributed by atoms with Crippen LogP contribution >= 0.6 is 23.1 Å². The molecule has 0 spiro atoms. The van der Waals surface area contributed by atoms with E-state index in [0.717, 1.165) is 27.3 Å². The minimum Gasteiger partial charge on any atom is -0.543 e. The SMILES string of the molecule is CO/N=C(/C(=O)N[C@@H]1C(=O)N2C(C(=O)[O-])=C(Cn3n[n+](C)c4ccccc43)CS[C@H]12)c1csc(N)n1. The number of carbonyl (C=O) groups is 3. The van der Waals surface area contributed by atoms with Crippen LogP contribution in [-0.2, 0) is 32.8 Å². The normalized spacial score (nSPS) is 19.8. The topological polar surface area (TPSA) is 172 Å². The van der Waals surface area contributed by atoms with Gasteiger partial charge in [0.1, 0.15) is 37.8 Å². The molecule has 36 heavy (non-hydrogen) atoms. The van der Waals surface area contributed by atoms with Crippen LogP contribution in [0, 0.1) is 0 Å². The molecule has 2 aliphatic rings. The monoisotopic (exact) mass is 528 g/mol. The number of β-lactam (4-membered cyclic amide) rings is 1. The fourth-order valence-corrected chi connectivity index (χ4v) is 6.09. The van der Waals surface area contributed by atoms with E-state index in [1.165, 1.54) is 18.9 Å². The number of benzene rings is 1. The number of oxime groups is 1. The van der Waals surface area contributed by atoms with E-state index in [1.807, 2.05) is 24.3 Å². The van der Waals surface area contributed by atoms with Gasteiger partial charge < -0.3 is 25.8 Å². The molecular weight excluding hydrogens is 508 g/mol. The number of aromatic nitrogens is 4. The average Bonchev–Trinajstić information content (AvgIpc) is 3.43. The Hall–Kier alpha value is -3.98. The highest BCUT2D eigenvalue weighted by molar-refractivity contribution is 8.00. The van der Waals surface area contributed by atoms with Crippen molar-refractivity contribution in [3.05, 3.63) is 46.6 Å². The third-order valence-corrected chi connectivity index (χ3v) is 7.79. The molecule has 186 valence electrons. The highest BCUT2D eigenvalue weighted by atomic mass is 32.2. The number of hydrogen-bond acceptors (Lipinski definition) is 11. The first kappa shape index (κ1) is 23.7. The van der Waals surface area contributed by atoms with E-state index < -0.39 is 29.2 Å². The molecule has 2 aromatic heterocycles. The number of thiazole rings is 1. The van der Waals surface area contributed by atoms with Crippen LogP contribution in [0.5, 0.6) is 0 Å². The van der Waals surface area contributed by atoms with Crippen molar-refractivity contribution in [3.8, 4) is 0 Å². The fourth-order valence-electron chi connectivity index (χ4n) is 4.21. The van der Waals surface area contributed by atoms with E-state index in [4.69, 9.17) is 10.6 Å². The molecule has 13 nitrogen and oxygen atoms in total. The molecule has 0 bridgehead atoms. The second-order valence-electron chi connectivity index (χ2n) is 7.95. The van der Waals surface area contributed by atoms with E-state index >= 15 is 0 Å². The van der Waals surface area contributed by atoms with Crippen LogP contribution in [-0.4, -0.2) is 67.6 Å². The molecule has 2 amide bonds. The maximum Gasteiger partial charge on any atom is 0.276 e. The number of nitrogens with two attached hydrogens (primary N) is 1. The number of anilines is 1. The summed E-state index contributed by atoms with van der Waals surface area (Å²) in [6.45, 7) is 0.168. The van der Waals surface area contributed by atoms with Crippen LogP contribution < -0.4 is 20.8 Å². The number of nitrogen functional groups attached to an aromatic ring is 1. The zero-order valence-electron chi connectivity index (χ0n) is 19.1. The van der Waals surface area contributed by atoms with Crippen molar-refractivity contribution in [2.24, 2.45) is 12.2 Å². The minimum atomic E-state index is -1.46. The van der Waals surface area contributed by atoms with Crippen LogP contribution in [0.3, 0.4) is 0 Å². The van der Waals surface area contributed by atoms with Gasteiger partial charge in [0.2, 0.25) is 0 Å². The second kappa shape index (κ2) is 9.23. The molecule has 3 aromatic rings. The Morgan fingerprint density at radius 2 is 2.17 bits per heavy atom. The number of rotatable bonds is 7. The van der Waals surface area contributed by atoms with Crippen LogP contribution in [0.1, 0.15) is 5.69 Å². The number of aliphatic carboxylic acids is 1. The number of hydrogen-bond donors (Lipinski definition) is 2. The lowest BCUT2D eigenvalue weighted by molar-refractivity contribution is -0.709. The summed E-state index contributed by atoms with van der Waals surface area (Å²) in [5.74, 6) is -2.42. The van der Waals surface area contributed by atoms with Crippen LogP contribution in [0.15, 0.2) is 46.1 Å². The number of carboxylic acids is 1. The van der Waals surface area contributed by atoms with Gasteiger partial charge in [-0.2, -0.15) is 0 Å². The van der Waals surface area contributed by atoms with Crippen molar-refractivity contribution < 1.29 is 29.0 Å². The third-order valence-electron chi connectivity index (χ3n) is 5.78. The number of carbonyl (C=O) groups excluding carboxylic acids is 3. The molecule has 2 aliphatic heterocycles. The highest BCUT2D eigenvalue weighted by Crippen LogP contribution is 2.40. The zero-order chi connectivity index (χ0) is 25.6. The number of nitrogens with one attached hydrogen (secondary N) is 1. The summed E-state index contributed by atoms with van der Waals surface area (Å²) in [4.78, 5) is 48.0. The van der Waals surface area contributed by atoms with Gasteiger partial charge in [-0.25, -0.2) is 4.98 Å². The van der Waals surface area contributed by atoms with Gasteiger partial charge in [-0.05, 0) is 12.1 Å². The Morgan fingerprint density at radius 1 is 1.39 bits per heavy atom. The van der Waals surface area contributed by atoms with Crippen molar-refractivity contribution in [3.63, 3.8) is 0 Å². The minimum absolute atomic E-state index is 0.146. The van der Waals surface area contributed by atoms with E-state index in [2.05, 4.69) is 20.7 Å². The maximum absolute atomic E-state index is 13.0. The summed E-state index contributed by atoms with van der Waals surface area (Å²) in [6, 6.07) is 6.59. The van der Waals surface area contributed by atoms with Gasteiger partial charge in [0, 0.05) is 16.7 Å². The largest absolute Gasteiger partial charge is 0.543 e. The number of amides is 2. The van der Waals surface area contributed by atoms with Gasteiger partial charge in [0.25, 0.3) is 11.8 Å². The number of nitrogens with zero attached hydrogens (tertiary/aromatic N) is 6. The van der Waals surface area contributed by atoms with Gasteiger partial charge in [-0.3, -0.25) is 14.5 Å². The molecule has 0 saturated carbocycles. The third kappa shape index (κ3) is 3.95. The number of para-hydroxylation sites is 2. The predicted octanol–water partition coefficient (Wildman–Crippen LogP) is -1.65. The lowest BCUT2D eigenvalue weighted by Crippen LogP contribution is -2.71. The van der Waals surface area contributed by atoms with E-state index in [0.29, 0.717) is 11.3 Å². The smallest absolute Gasteiger partial charge is 0.276 e. The molecule has 0 unspecified atom stereocenters. The summed E-state index contributed by atoms with van der Waals surface area (Å²) >= 11 is 2.47. The molecule has 15 heteroatoms. The van der Waals surface area contributed by atoms with Crippen molar-refractivity contribution in [1.82, 2.24) is 25.1 Å².